The Bertz CT molecular complexity index is 955. The number of hydrogen-bond acceptors (Lipinski definition) is 2. The highest BCUT2D eigenvalue weighted by Crippen LogP contribution is 2.35. The van der Waals surface area contributed by atoms with Gasteiger partial charge < -0.3 is 4.90 Å². The summed E-state index contributed by atoms with van der Waals surface area (Å²) in [4.78, 5) is 15.0. The van der Waals surface area contributed by atoms with Gasteiger partial charge in [0.25, 0.3) is 5.91 Å². The fraction of sp³-hybridized carbons (Fsp3) is 0.200. The maximum absolute atomic E-state index is 14.2. The van der Waals surface area contributed by atoms with Gasteiger partial charge in [-0.05, 0) is 42.7 Å². The minimum Gasteiger partial charge on any atom is -0.331 e. The Morgan fingerprint density at radius 3 is 2.88 bits per heavy atom. The third-order valence-electron chi connectivity index (χ3n) is 4.76. The first kappa shape index (κ1) is 16.8. The van der Waals surface area contributed by atoms with E-state index in [2.05, 4.69) is 10.2 Å². The Kier molecular flexibility index (Phi) is 4.47. The minimum atomic E-state index is -0.390. The van der Waals surface area contributed by atoms with Crippen molar-refractivity contribution >= 4 is 17.5 Å². The number of amides is 1. The van der Waals surface area contributed by atoms with Crippen molar-refractivity contribution in [3.05, 3.63) is 76.7 Å². The molecule has 26 heavy (non-hydrogen) atoms. The number of rotatable bonds is 3. The Morgan fingerprint density at radius 1 is 1.23 bits per heavy atom. The van der Waals surface area contributed by atoms with Gasteiger partial charge in [0.05, 0.1) is 23.5 Å². The standard InChI is InChI=1S/C20H17ClFN3O/c21-14-6-3-5-13(11-14)18-9-4-10-25(18)20(26)16-12-23-24-19(16)15-7-1-2-8-17(15)22/h1-3,5-8,11-12,18H,4,9-10H2,(H,23,24). The molecule has 1 saturated heterocycles. The Morgan fingerprint density at radius 2 is 2.08 bits per heavy atom. The van der Waals surface area contributed by atoms with Crippen molar-refractivity contribution in [2.45, 2.75) is 18.9 Å². The van der Waals surface area contributed by atoms with Crippen LogP contribution in [0.3, 0.4) is 0 Å². The monoisotopic (exact) mass is 369 g/mol. The van der Waals surface area contributed by atoms with Crippen molar-refractivity contribution in [1.29, 1.82) is 0 Å². The second kappa shape index (κ2) is 6.92. The molecular formula is C20H17ClFN3O. The van der Waals surface area contributed by atoms with Crippen molar-refractivity contribution in [2.24, 2.45) is 0 Å². The van der Waals surface area contributed by atoms with Crippen LogP contribution in [0, 0.1) is 5.82 Å². The van der Waals surface area contributed by atoms with Crippen LogP contribution in [-0.4, -0.2) is 27.5 Å². The van der Waals surface area contributed by atoms with Gasteiger partial charge in [0.15, 0.2) is 0 Å². The maximum atomic E-state index is 14.2. The number of likely N-dealkylation sites (tertiary alicyclic amines) is 1. The van der Waals surface area contributed by atoms with Crippen LogP contribution < -0.4 is 0 Å². The van der Waals surface area contributed by atoms with Crippen molar-refractivity contribution in [3.8, 4) is 11.3 Å². The van der Waals surface area contributed by atoms with Gasteiger partial charge in [0, 0.05) is 17.1 Å². The van der Waals surface area contributed by atoms with Crippen molar-refractivity contribution in [3.63, 3.8) is 0 Å². The summed E-state index contributed by atoms with van der Waals surface area (Å²) in [6.45, 7) is 0.651. The number of aromatic nitrogens is 2. The van der Waals surface area contributed by atoms with Gasteiger partial charge in [-0.3, -0.25) is 9.89 Å². The summed E-state index contributed by atoms with van der Waals surface area (Å²) in [7, 11) is 0. The van der Waals surface area contributed by atoms with E-state index in [1.807, 2.05) is 29.2 Å². The van der Waals surface area contributed by atoms with E-state index in [0.29, 0.717) is 28.4 Å². The van der Waals surface area contributed by atoms with Gasteiger partial charge in [0.1, 0.15) is 5.82 Å². The summed E-state index contributed by atoms with van der Waals surface area (Å²) in [5.41, 5.74) is 2.14. The van der Waals surface area contributed by atoms with Gasteiger partial charge >= 0.3 is 0 Å². The Labute approximate surface area is 155 Å². The van der Waals surface area contributed by atoms with Crippen LogP contribution in [0.5, 0.6) is 0 Å². The number of nitrogens with one attached hydrogen (secondary N) is 1. The van der Waals surface area contributed by atoms with Crippen molar-refractivity contribution < 1.29 is 9.18 Å². The first-order chi connectivity index (χ1) is 12.6. The van der Waals surface area contributed by atoms with Gasteiger partial charge in [-0.1, -0.05) is 35.9 Å². The number of aromatic amines is 1. The number of halogens is 2. The van der Waals surface area contributed by atoms with Crippen molar-refractivity contribution in [1.82, 2.24) is 15.1 Å². The molecule has 3 aromatic rings. The highest BCUT2D eigenvalue weighted by molar-refractivity contribution is 6.30. The third kappa shape index (κ3) is 2.99. The van der Waals surface area contributed by atoms with Gasteiger partial charge in [-0.2, -0.15) is 5.10 Å². The first-order valence-corrected chi connectivity index (χ1v) is 8.87. The van der Waals surface area contributed by atoms with Gasteiger partial charge in [-0.25, -0.2) is 4.39 Å². The van der Waals surface area contributed by atoms with E-state index in [-0.39, 0.29) is 11.9 Å². The molecule has 1 aromatic heterocycles. The summed E-state index contributed by atoms with van der Waals surface area (Å²) in [5, 5.41) is 7.41. The molecule has 0 saturated carbocycles. The number of carbonyl (C=O) groups is 1. The first-order valence-electron chi connectivity index (χ1n) is 8.50. The van der Waals surface area contributed by atoms with E-state index < -0.39 is 5.82 Å². The molecule has 6 heteroatoms. The molecule has 0 radical (unpaired) electrons. The molecule has 1 fully saturated rings. The summed E-state index contributed by atoms with van der Waals surface area (Å²) in [5.74, 6) is -0.543. The number of carbonyl (C=O) groups excluding carboxylic acids is 1. The van der Waals surface area contributed by atoms with Crippen LogP contribution in [0.15, 0.2) is 54.7 Å². The summed E-state index contributed by atoms with van der Waals surface area (Å²) in [6.07, 6.45) is 3.26. The van der Waals surface area contributed by atoms with Crippen LogP contribution in [0.2, 0.25) is 5.02 Å². The second-order valence-electron chi connectivity index (χ2n) is 6.35. The molecule has 1 amide bonds. The zero-order valence-corrected chi connectivity index (χ0v) is 14.7. The number of hydrogen-bond donors (Lipinski definition) is 1. The lowest BCUT2D eigenvalue weighted by atomic mass is 10.0. The SMILES string of the molecule is O=C(c1cn[nH]c1-c1ccccc1F)N1CCCC1c1cccc(Cl)c1. The molecule has 1 aliphatic rings. The maximum Gasteiger partial charge on any atom is 0.258 e. The smallest absolute Gasteiger partial charge is 0.258 e. The topological polar surface area (TPSA) is 49.0 Å². The lowest BCUT2D eigenvalue weighted by Gasteiger charge is -2.25. The van der Waals surface area contributed by atoms with Gasteiger partial charge in [0.2, 0.25) is 0 Å². The van der Waals surface area contributed by atoms with E-state index in [1.54, 1.807) is 18.2 Å². The fourth-order valence-corrected chi connectivity index (χ4v) is 3.74. The molecule has 4 nitrogen and oxygen atoms in total. The molecule has 1 N–H and O–H groups in total. The minimum absolute atomic E-state index is 0.0374. The van der Waals surface area contributed by atoms with Crippen LogP contribution in [0.1, 0.15) is 34.8 Å². The molecule has 132 valence electrons. The van der Waals surface area contributed by atoms with Crippen LogP contribution in [0.4, 0.5) is 4.39 Å². The molecule has 2 aromatic carbocycles. The van der Waals surface area contributed by atoms with Gasteiger partial charge in [-0.15, -0.1) is 0 Å². The van der Waals surface area contributed by atoms with E-state index in [4.69, 9.17) is 11.6 Å². The molecule has 1 atom stereocenters. The molecule has 1 aliphatic heterocycles. The average Bonchev–Trinajstić information content (AvgIpc) is 3.31. The number of benzene rings is 2. The largest absolute Gasteiger partial charge is 0.331 e. The Hall–Kier alpha value is -2.66. The summed E-state index contributed by atoms with van der Waals surface area (Å²) < 4.78 is 14.2. The third-order valence-corrected chi connectivity index (χ3v) is 5.00. The number of nitrogens with zero attached hydrogens (tertiary/aromatic N) is 2. The molecular weight excluding hydrogens is 353 g/mol. The lowest BCUT2D eigenvalue weighted by Crippen LogP contribution is -2.30. The molecule has 2 heterocycles. The van der Waals surface area contributed by atoms with Crippen LogP contribution in [0.25, 0.3) is 11.3 Å². The lowest BCUT2D eigenvalue weighted by molar-refractivity contribution is 0.0736. The molecule has 4 rings (SSSR count). The Balaban J connectivity index is 1.68. The molecule has 0 bridgehead atoms. The summed E-state index contributed by atoms with van der Waals surface area (Å²) >= 11 is 6.11. The van der Waals surface area contributed by atoms with E-state index in [0.717, 1.165) is 18.4 Å². The molecule has 1 unspecified atom stereocenters. The highest BCUT2D eigenvalue weighted by atomic mass is 35.5. The van der Waals surface area contributed by atoms with E-state index in [9.17, 15) is 9.18 Å². The highest BCUT2D eigenvalue weighted by Gasteiger charge is 2.32. The van der Waals surface area contributed by atoms with E-state index >= 15 is 0 Å². The van der Waals surface area contributed by atoms with Crippen molar-refractivity contribution in [2.75, 3.05) is 6.54 Å². The van der Waals surface area contributed by atoms with Crippen LogP contribution in [-0.2, 0) is 0 Å². The number of H-pyrrole nitrogens is 1. The second-order valence-corrected chi connectivity index (χ2v) is 6.79. The molecule has 0 aliphatic carbocycles. The zero-order valence-electron chi connectivity index (χ0n) is 14.0. The van der Waals surface area contributed by atoms with Crippen LogP contribution >= 0.6 is 11.6 Å². The fourth-order valence-electron chi connectivity index (χ4n) is 3.54. The normalized spacial score (nSPS) is 16.8. The average molecular weight is 370 g/mol. The van der Waals surface area contributed by atoms with E-state index in [1.165, 1.54) is 12.3 Å². The predicted molar refractivity (Wildman–Crippen MR) is 98.4 cm³/mol. The quantitative estimate of drug-likeness (QED) is 0.717. The zero-order chi connectivity index (χ0) is 18.1. The summed E-state index contributed by atoms with van der Waals surface area (Å²) in [6, 6.07) is 13.9. The molecule has 0 spiro atoms. The predicted octanol–water partition coefficient (Wildman–Crippen LogP) is 4.85.